The molecule has 0 atom stereocenters. The Balaban J connectivity index is 1.82. The van der Waals surface area contributed by atoms with Crippen molar-refractivity contribution in [1.82, 2.24) is 14.4 Å². The van der Waals surface area contributed by atoms with Crippen LogP contribution in [0.15, 0.2) is 60.9 Å². The van der Waals surface area contributed by atoms with Gasteiger partial charge in [0.25, 0.3) is 0 Å². The summed E-state index contributed by atoms with van der Waals surface area (Å²) in [5.41, 5.74) is 5.05. The summed E-state index contributed by atoms with van der Waals surface area (Å²) in [4.78, 5) is 9.15. The van der Waals surface area contributed by atoms with Crippen LogP contribution in [0, 0.1) is 6.92 Å². The third-order valence-electron chi connectivity index (χ3n) is 4.59. The molecule has 0 spiro atoms. The smallest absolute Gasteiger partial charge is 0.236 e. The van der Waals surface area contributed by atoms with Crippen LogP contribution in [0.5, 0.6) is 5.75 Å². The second-order valence-corrected chi connectivity index (χ2v) is 7.06. The molecular weight excluding hydrogens is 336 g/mol. The quantitative estimate of drug-likeness (QED) is 0.521. The number of hydrogen-bond acceptors (Lipinski definition) is 4. The van der Waals surface area contributed by atoms with Crippen LogP contribution in [-0.4, -0.2) is 19.5 Å². The monoisotopic (exact) mass is 358 g/mol. The second-order valence-electron chi connectivity index (χ2n) is 7.06. The van der Waals surface area contributed by atoms with E-state index < -0.39 is 0 Å². The first-order valence-corrected chi connectivity index (χ1v) is 9.02. The molecular formula is C22H22N4O. The summed E-state index contributed by atoms with van der Waals surface area (Å²) >= 11 is 0. The Morgan fingerprint density at radius 2 is 1.70 bits per heavy atom. The highest BCUT2D eigenvalue weighted by Crippen LogP contribution is 2.32. The van der Waals surface area contributed by atoms with Gasteiger partial charge in [0.2, 0.25) is 5.78 Å². The Hall–Kier alpha value is -3.34. The van der Waals surface area contributed by atoms with Crippen molar-refractivity contribution in [1.29, 1.82) is 0 Å². The molecule has 4 rings (SSSR count). The number of nitrogens with zero attached hydrogens (tertiary/aromatic N) is 3. The van der Waals surface area contributed by atoms with Gasteiger partial charge in [-0.25, -0.2) is 9.97 Å². The van der Waals surface area contributed by atoms with Crippen molar-refractivity contribution < 1.29 is 5.11 Å². The lowest BCUT2D eigenvalue weighted by atomic mass is 10.0. The van der Waals surface area contributed by atoms with Gasteiger partial charge < -0.3 is 10.4 Å². The van der Waals surface area contributed by atoms with Crippen molar-refractivity contribution in [3.8, 4) is 17.0 Å². The van der Waals surface area contributed by atoms with Gasteiger partial charge in [0.1, 0.15) is 17.3 Å². The van der Waals surface area contributed by atoms with E-state index >= 15 is 0 Å². The molecule has 136 valence electrons. The maximum atomic E-state index is 9.60. The fraction of sp³-hybridized carbons (Fsp3) is 0.182. The van der Waals surface area contributed by atoms with Gasteiger partial charge in [-0.1, -0.05) is 26.0 Å². The Morgan fingerprint density at radius 3 is 2.37 bits per heavy atom. The maximum absolute atomic E-state index is 9.60. The standard InChI is InChI=1S/C22H22N4O/c1-14(2)16-4-8-18(9-5-16)24-21-20(17-6-10-19(27)11-7-17)25-22-23-12-15(3)13-26(21)22/h4-14,24,27H,1-3H3. The molecule has 0 aliphatic heterocycles. The van der Waals surface area contributed by atoms with Crippen LogP contribution in [0.2, 0.25) is 0 Å². The Labute approximate surface area is 158 Å². The molecule has 0 saturated heterocycles. The van der Waals surface area contributed by atoms with E-state index in [1.807, 2.05) is 35.9 Å². The summed E-state index contributed by atoms with van der Waals surface area (Å²) in [6.45, 7) is 6.38. The van der Waals surface area contributed by atoms with Crippen LogP contribution in [0.1, 0.15) is 30.9 Å². The summed E-state index contributed by atoms with van der Waals surface area (Å²) in [7, 11) is 0. The molecule has 5 heteroatoms. The van der Waals surface area contributed by atoms with Crippen LogP contribution < -0.4 is 5.32 Å². The molecule has 4 aromatic rings. The molecule has 2 aromatic heterocycles. The molecule has 0 aliphatic rings. The number of hydrogen-bond donors (Lipinski definition) is 2. The summed E-state index contributed by atoms with van der Waals surface area (Å²) in [6, 6.07) is 15.5. The SMILES string of the molecule is Cc1cnc2nc(-c3ccc(O)cc3)c(Nc3ccc(C(C)C)cc3)n2c1. The molecule has 0 bridgehead atoms. The lowest BCUT2D eigenvalue weighted by Gasteiger charge is -2.11. The first-order chi connectivity index (χ1) is 13.0. The number of benzene rings is 2. The molecule has 0 unspecified atom stereocenters. The van der Waals surface area contributed by atoms with Crippen LogP contribution in [0.25, 0.3) is 17.0 Å². The highest BCUT2D eigenvalue weighted by atomic mass is 16.3. The Bertz CT molecular complexity index is 1080. The van der Waals surface area contributed by atoms with Crippen LogP contribution in [0.3, 0.4) is 0 Å². The first-order valence-electron chi connectivity index (χ1n) is 9.02. The molecule has 2 N–H and O–H groups in total. The third-order valence-corrected chi connectivity index (χ3v) is 4.59. The van der Waals surface area contributed by atoms with Gasteiger partial charge in [-0.3, -0.25) is 4.40 Å². The van der Waals surface area contributed by atoms with E-state index in [-0.39, 0.29) is 5.75 Å². The minimum Gasteiger partial charge on any atom is -0.508 e. The van der Waals surface area contributed by atoms with E-state index in [0.29, 0.717) is 11.7 Å². The number of anilines is 2. The van der Waals surface area contributed by atoms with Crippen molar-refractivity contribution in [2.75, 3.05) is 5.32 Å². The van der Waals surface area contributed by atoms with Gasteiger partial charge in [0.15, 0.2) is 0 Å². The minimum absolute atomic E-state index is 0.232. The predicted molar refractivity (Wildman–Crippen MR) is 109 cm³/mol. The van der Waals surface area contributed by atoms with Gasteiger partial charge in [0.05, 0.1) is 0 Å². The van der Waals surface area contributed by atoms with Crippen LogP contribution in [-0.2, 0) is 0 Å². The number of rotatable bonds is 4. The number of fused-ring (bicyclic) bond motifs is 1. The summed E-state index contributed by atoms with van der Waals surface area (Å²) in [6.07, 6.45) is 3.83. The van der Waals surface area contributed by atoms with Crippen molar-refractivity contribution in [3.05, 3.63) is 72.1 Å². The zero-order valence-corrected chi connectivity index (χ0v) is 15.6. The molecule has 0 aliphatic carbocycles. The lowest BCUT2D eigenvalue weighted by molar-refractivity contribution is 0.475. The van der Waals surface area contributed by atoms with E-state index in [0.717, 1.165) is 28.3 Å². The largest absolute Gasteiger partial charge is 0.508 e. The van der Waals surface area contributed by atoms with Gasteiger partial charge >= 0.3 is 0 Å². The van der Waals surface area contributed by atoms with Crippen LogP contribution in [0.4, 0.5) is 11.5 Å². The number of imidazole rings is 1. The predicted octanol–water partition coefficient (Wildman–Crippen LogP) is 5.28. The first kappa shape index (κ1) is 17.1. The zero-order valence-electron chi connectivity index (χ0n) is 15.6. The van der Waals surface area contributed by atoms with E-state index in [1.54, 1.807) is 12.1 Å². The number of aromatic hydroxyl groups is 1. The maximum Gasteiger partial charge on any atom is 0.236 e. The molecule has 0 fully saturated rings. The summed E-state index contributed by atoms with van der Waals surface area (Å²) in [5, 5.41) is 13.1. The number of phenols is 1. The number of nitrogens with one attached hydrogen (secondary N) is 1. The second kappa shape index (κ2) is 6.76. The molecule has 0 saturated carbocycles. The highest BCUT2D eigenvalue weighted by Gasteiger charge is 2.15. The number of aromatic nitrogens is 3. The average molecular weight is 358 g/mol. The van der Waals surface area contributed by atoms with Crippen molar-refractivity contribution in [3.63, 3.8) is 0 Å². The van der Waals surface area contributed by atoms with Gasteiger partial charge in [0, 0.05) is 23.6 Å². The van der Waals surface area contributed by atoms with E-state index in [9.17, 15) is 5.11 Å². The fourth-order valence-corrected chi connectivity index (χ4v) is 3.06. The lowest BCUT2D eigenvalue weighted by Crippen LogP contribution is -1.98. The Morgan fingerprint density at radius 1 is 1.00 bits per heavy atom. The summed E-state index contributed by atoms with van der Waals surface area (Å²) in [5.74, 6) is 2.21. The van der Waals surface area contributed by atoms with Gasteiger partial charge in [-0.2, -0.15) is 0 Å². The fourth-order valence-electron chi connectivity index (χ4n) is 3.06. The van der Waals surface area contributed by atoms with Crippen molar-refractivity contribution >= 4 is 17.3 Å². The van der Waals surface area contributed by atoms with Gasteiger partial charge in [-0.05, 0) is 60.4 Å². The third kappa shape index (κ3) is 3.36. The highest BCUT2D eigenvalue weighted by molar-refractivity contribution is 5.79. The van der Waals surface area contributed by atoms with E-state index in [1.165, 1.54) is 5.56 Å². The van der Waals surface area contributed by atoms with Crippen LogP contribution >= 0.6 is 0 Å². The molecule has 2 heterocycles. The molecule has 27 heavy (non-hydrogen) atoms. The average Bonchev–Trinajstić information content (AvgIpc) is 3.00. The van der Waals surface area contributed by atoms with Gasteiger partial charge in [-0.15, -0.1) is 0 Å². The molecule has 0 radical (unpaired) electrons. The van der Waals surface area contributed by atoms with Crippen molar-refractivity contribution in [2.45, 2.75) is 26.7 Å². The normalized spacial score (nSPS) is 11.3. The summed E-state index contributed by atoms with van der Waals surface area (Å²) < 4.78 is 1.97. The molecule has 2 aromatic carbocycles. The number of aryl methyl sites for hydroxylation is 1. The van der Waals surface area contributed by atoms with E-state index in [2.05, 4.69) is 48.4 Å². The Kier molecular flexibility index (Phi) is 4.28. The van der Waals surface area contributed by atoms with Crippen molar-refractivity contribution in [2.24, 2.45) is 0 Å². The van der Waals surface area contributed by atoms with E-state index in [4.69, 9.17) is 4.98 Å². The number of phenolic OH excluding ortho intramolecular Hbond substituents is 1. The molecule has 5 nitrogen and oxygen atoms in total. The minimum atomic E-state index is 0.232. The molecule has 0 amide bonds. The topological polar surface area (TPSA) is 62.5 Å². The zero-order chi connectivity index (χ0) is 19.0.